The fourth-order valence-corrected chi connectivity index (χ4v) is 5.95. The molecular weight excluding hydrogens is 569 g/mol. The summed E-state index contributed by atoms with van der Waals surface area (Å²) < 4.78 is 28.8. The summed E-state index contributed by atoms with van der Waals surface area (Å²) >= 11 is 12.2. The molecule has 0 saturated carbocycles. The molecule has 1 N–H and O–H groups in total. The van der Waals surface area contributed by atoms with Crippen LogP contribution in [0.1, 0.15) is 45.2 Å². The van der Waals surface area contributed by atoms with E-state index in [1.165, 1.54) is 35.2 Å². The van der Waals surface area contributed by atoms with Gasteiger partial charge in [-0.1, -0.05) is 60.5 Å². The Balaban J connectivity index is 2.09. The third-order valence-electron chi connectivity index (χ3n) is 6.26. The second-order valence-corrected chi connectivity index (χ2v) is 13.3. The van der Waals surface area contributed by atoms with E-state index in [4.69, 9.17) is 23.2 Å². The summed E-state index contributed by atoms with van der Waals surface area (Å²) in [5.41, 5.74) is 1.51. The zero-order valence-corrected chi connectivity index (χ0v) is 25.6. The van der Waals surface area contributed by atoms with Gasteiger partial charge >= 0.3 is 0 Å². The van der Waals surface area contributed by atoms with Crippen molar-refractivity contribution in [1.82, 2.24) is 10.2 Å². The van der Waals surface area contributed by atoms with Crippen LogP contribution in [-0.2, 0) is 26.2 Å². The van der Waals surface area contributed by atoms with Gasteiger partial charge in [-0.15, -0.1) is 0 Å². The van der Waals surface area contributed by atoms with E-state index in [1.54, 1.807) is 18.2 Å². The molecule has 0 aliphatic rings. The number of benzene rings is 3. The van der Waals surface area contributed by atoms with Crippen molar-refractivity contribution in [3.8, 4) is 0 Å². The Morgan fingerprint density at radius 1 is 0.925 bits per heavy atom. The zero-order chi connectivity index (χ0) is 29.7. The van der Waals surface area contributed by atoms with Crippen molar-refractivity contribution in [3.63, 3.8) is 0 Å². The molecule has 3 aromatic rings. The fourth-order valence-electron chi connectivity index (χ4n) is 4.24. The van der Waals surface area contributed by atoms with Crippen molar-refractivity contribution in [3.05, 3.63) is 94.0 Å². The molecule has 0 spiro atoms. The summed E-state index contributed by atoms with van der Waals surface area (Å²) in [6, 6.07) is 18.8. The summed E-state index contributed by atoms with van der Waals surface area (Å²) in [4.78, 5) is 28.9. The van der Waals surface area contributed by atoms with Gasteiger partial charge in [-0.3, -0.25) is 13.9 Å². The lowest BCUT2D eigenvalue weighted by Gasteiger charge is -2.35. The van der Waals surface area contributed by atoms with E-state index in [-0.39, 0.29) is 23.0 Å². The van der Waals surface area contributed by atoms with Crippen LogP contribution in [0.3, 0.4) is 0 Å². The van der Waals surface area contributed by atoms with Crippen LogP contribution in [0.15, 0.2) is 77.7 Å². The molecule has 0 fully saturated rings. The molecule has 0 saturated heterocycles. The lowest BCUT2D eigenvalue weighted by atomic mass is 10.0. The Kier molecular flexibility index (Phi) is 10.3. The first-order chi connectivity index (χ1) is 18.7. The molecule has 0 radical (unpaired) electrons. The normalized spacial score (nSPS) is 12.5. The van der Waals surface area contributed by atoms with E-state index in [2.05, 4.69) is 5.32 Å². The lowest BCUT2D eigenvalue weighted by molar-refractivity contribution is -0.141. The largest absolute Gasteiger partial charge is 0.350 e. The fraction of sp³-hybridized carbons (Fsp3) is 0.333. The van der Waals surface area contributed by atoms with Gasteiger partial charge in [0.15, 0.2) is 0 Å². The molecule has 0 aliphatic carbocycles. The summed E-state index contributed by atoms with van der Waals surface area (Å²) in [7, 11) is -4.21. The molecule has 7 nitrogen and oxygen atoms in total. The van der Waals surface area contributed by atoms with Gasteiger partial charge in [0.25, 0.3) is 10.0 Å². The maximum absolute atomic E-state index is 14.1. The first-order valence-electron chi connectivity index (χ1n) is 12.9. The number of hydrogen-bond donors (Lipinski definition) is 1. The number of anilines is 1. The number of sulfonamides is 1. The van der Waals surface area contributed by atoms with Gasteiger partial charge in [0.2, 0.25) is 11.8 Å². The summed E-state index contributed by atoms with van der Waals surface area (Å²) in [6.07, 6.45) is 0.334. The van der Waals surface area contributed by atoms with Crippen molar-refractivity contribution in [1.29, 1.82) is 0 Å². The van der Waals surface area contributed by atoms with Gasteiger partial charge in [0, 0.05) is 22.1 Å². The minimum atomic E-state index is -4.21. The monoisotopic (exact) mass is 603 g/mol. The highest BCUT2D eigenvalue weighted by Crippen LogP contribution is 2.28. The maximum atomic E-state index is 14.1. The van der Waals surface area contributed by atoms with Crippen molar-refractivity contribution in [2.45, 2.75) is 64.1 Å². The molecular formula is C30H35Cl2N3O4S. The zero-order valence-electron chi connectivity index (χ0n) is 23.3. The molecule has 10 heteroatoms. The van der Waals surface area contributed by atoms with Gasteiger partial charge in [-0.2, -0.15) is 0 Å². The molecule has 0 bridgehead atoms. The van der Waals surface area contributed by atoms with E-state index in [0.29, 0.717) is 16.5 Å². The van der Waals surface area contributed by atoms with Crippen molar-refractivity contribution in [2.24, 2.45) is 0 Å². The van der Waals surface area contributed by atoms with Crippen LogP contribution in [0.25, 0.3) is 0 Å². The SMILES string of the molecule is CC[C@H](C(=O)NC(C)(C)C)N(Cc1ccccc1C)C(=O)CN(c1cccc(Cl)c1)S(=O)(=O)c1ccc(Cl)cc1. The van der Waals surface area contributed by atoms with Crippen molar-refractivity contribution in [2.75, 3.05) is 10.8 Å². The number of carbonyl (C=O) groups excluding carboxylic acids is 2. The quantitative estimate of drug-likeness (QED) is 0.298. The number of aryl methyl sites for hydroxylation is 1. The molecule has 3 rings (SSSR count). The Morgan fingerprint density at radius 3 is 2.15 bits per heavy atom. The van der Waals surface area contributed by atoms with Gasteiger partial charge in [-0.25, -0.2) is 8.42 Å². The molecule has 0 heterocycles. The molecule has 0 aliphatic heterocycles. The molecule has 3 aromatic carbocycles. The molecule has 2 amide bonds. The van der Waals surface area contributed by atoms with Gasteiger partial charge in [0.05, 0.1) is 10.6 Å². The number of nitrogens with zero attached hydrogens (tertiary/aromatic N) is 2. The third-order valence-corrected chi connectivity index (χ3v) is 8.54. The van der Waals surface area contributed by atoms with E-state index >= 15 is 0 Å². The van der Waals surface area contributed by atoms with Crippen LogP contribution in [0, 0.1) is 6.92 Å². The topological polar surface area (TPSA) is 86.8 Å². The van der Waals surface area contributed by atoms with Crippen LogP contribution >= 0.6 is 23.2 Å². The number of hydrogen-bond acceptors (Lipinski definition) is 4. The second-order valence-electron chi connectivity index (χ2n) is 10.6. The number of carbonyl (C=O) groups is 2. The predicted octanol–water partition coefficient (Wildman–Crippen LogP) is 6.22. The standard InChI is InChI=1S/C30H35Cl2N3O4S/c1-6-27(29(37)33-30(3,4)5)34(19-22-11-8-7-10-21(22)2)28(36)20-35(25-13-9-12-24(32)18-25)40(38,39)26-16-14-23(31)15-17-26/h7-18,27H,6,19-20H2,1-5H3,(H,33,37)/t27-/m1/s1. The van der Waals surface area contributed by atoms with Gasteiger partial charge in [0.1, 0.15) is 12.6 Å². The smallest absolute Gasteiger partial charge is 0.264 e. The Hall–Kier alpha value is -3.07. The number of nitrogens with one attached hydrogen (secondary N) is 1. The minimum Gasteiger partial charge on any atom is -0.350 e. The summed E-state index contributed by atoms with van der Waals surface area (Å²) in [5.74, 6) is -0.844. The molecule has 0 aromatic heterocycles. The first-order valence-corrected chi connectivity index (χ1v) is 15.1. The van der Waals surface area contributed by atoms with Gasteiger partial charge in [-0.05, 0) is 87.7 Å². The number of halogens is 2. The second kappa shape index (κ2) is 13.1. The predicted molar refractivity (Wildman–Crippen MR) is 161 cm³/mol. The van der Waals surface area contributed by atoms with Crippen LogP contribution in [0.4, 0.5) is 5.69 Å². The number of rotatable bonds is 10. The van der Waals surface area contributed by atoms with Crippen LogP contribution in [0.2, 0.25) is 10.0 Å². The molecule has 1 atom stereocenters. The van der Waals surface area contributed by atoms with E-state index in [1.807, 2.05) is 58.9 Å². The van der Waals surface area contributed by atoms with Crippen LogP contribution in [-0.4, -0.2) is 43.3 Å². The lowest BCUT2D eigenvalue weighted by Crippen LogP contribution is -2.55. The Bertz CT molecular complexity index is 1450. The third kappa shape index (κ3) is 7.99. The van der Waals surface area contributed by atoms with E-state index in [0.717, 1.165) is 15.4 Å². The highest BCUT2D eigenvalue weighted by Gasteiger charge is 2.34. The minimum absolute atomic E-state index is 0.0346. The Labute approximate surface area is 247 Å². The Morgan fingerprint density at radius 2 is 1.57 bits per heavy atom. The molecule has 40 heavy (non-hydrogen) atoms. The average molecular weight is 605 g/mol. The first kappa shape index (κ1) is 31.5. The maximum Gasteiger partial charge on any atom is 0.264 e. The van der Waals surface area contributed by atoms with E-state index in [9.17, 15) is 18.0 Å². The van der Waals surface area contributed by atoms with E-state index < -0.39 is 34.1 Å². The average Bonchev–Trinajstić information content (AvgIpc) is 2.87. The number of amides is 2. The molecule has 214 valence electrons. The van der Waals surface area contributed by atoms with Crippen LogP contribution < -0.4 is 9.62 Å². The van der Waals surface area contributed by atoms with Crippen molar-refractivity contribution >= 4 is 50.7 Å². The van der Waals surface area contributed by atoms with Crippen molar-refractivity contribution < 1.29 is 18.0 Å². The van der Waals surface area contributed by atoms with Gasteiger partial charge < -0.3 is 10.2 Å². The summed E-state index contributed by atoms with van der Waals surface area (Å²) in [6.45, 7) is 8.93. The van der Waals surface area contributed by atoms with Crippen LogP contribution in [0.5, 0.6) is 0 Å². The molecule has 0 unspecified atom stereocenters. The highest BCUT2D eigenvalue weighted by molar-refractivity contribution is 7.92. The summed E-state index contributed by atoms with van der Waals surface area (Å²) in [5, 5.41) is 3.66. The highest BCUT2D eigenvalue weighted by atomic mass is 35.5.